The number of rotatable bonds is 10. The molecule has 1 aromatic rings. The van der Waals surface area contributed by atoms with E-state index in [2.05, 4.69) is 0 Å². The third kappa shape index (κ3) is 6.46. The number of carbonyl (C=O) groups excluding carboxylic acids is 1. The van der Waals surface area contributed by atoms with Crippen LogP contribution < -0.4 is 10.5 Å². The lowest BCUT2D eigenvalue weighted by Crippen LogP contribution is -2.09. The van der Waals surface area contributed by atoms with Crippen molar-refractivity contribution in [3.8, 4) is 5.75 Å². The van der Waals surface area contributed by atoms with Gasteiger partial charge in [-0.25, -0.2) is 4.79 Å². The zero-order valence-electron chi connectivity index (χ0n) is 12.6. The lowest BCUT2D eigenvalue weighted by Gasteiger charge is -2.10. The maximum absolute atomic E-state index is 11.6. The maximum atomic E-state index is 11.6. The molecule has 0 aliphatic rings. The fraction of sp³-hybridized carbons (Fsp3) is 0.533. The molecule has 6 nitrogen and oxygen atoms in total. The van der Waals surface area contributed by atoms with Gasteiger partial charge in [-0.15, -0.1) is 0 Å². The molecule has 0 aliphatic heterocycles. The van der Waals surface area contributed by atoms with E-state index < -0.39 is 0 Å². The van der Waals surface area contributed by atoms with Gasteiger partial charge in [0.05, 0.1) is 37.7 Å². The van der Waals surface area contributed by atoms with E-state index in [-0.39, 0.29) is 5.97 Å². The second-order valence-electron chi connectivity index (χ2n) is 4.28. The van der Waals surface area contributed by atoms with E-state index in [1.807, 2.05) is 0 Å². The van der Waals surface area contributed by atoms with Crippen molar-refractivity contribution in [1.29, 1.82) is 0 Å². The third-order valence-corrected chi connectivity index (χ3v) is 2.65. The number of anilines is 1. The summed E-state index contributed by atoms with van der Waals surface area (Å²) in [5.74, 6) is 0.0997. The molecule has 1 rings (SSSR count). The van der Waals surface area contributed by atoms with E-state index in [1.54, 1.807) is 32.2 Å². The van der Waals surface area contributed by atoms with Crippen LogP contribution in [0, 0.1) is 0 Å². The number of carbonyl (C=O) groups is 1. The molecule has 0 bridgehead atoms. The van der Waals surface area contributed by atoms with Crippen molar-refractivity contribution >= 4 is 11.7 Å². The summed E-state index contributed by atoms with van der Waals surface area (Å²) in [6, 6.07) is 4.85. The van der Waals surface area contributed by atoms with Gasteiger partial charge in [0.15, 0.2) is 0 Å². The first-order valence-corrected chi connectivity index (χ1v) is 6.95. The summed E-state index contributed by atoms with van der Waals surface area (Å²) in [5.41, 5.74) is 6.74. The Labute approximate surface area is 125 Å². The van der Waals surface area contributed by atoms with Crippen LogP contribution in [0.5, 0.6) is 5.75 Å². The van der Waals surface area contributed by atoms with Crippen LogP contribution in [0.25, 0.3) is 0 Å². The standard InChI is InChI=1S/C15H23NO5/c1-3-20-15(17)12-5-6-13(16)14(11-12)21-8-4-7-19-10-9-18-2/h5-6,11H,3-4,7-10,16H2,1-2H3. The van der Waals surface area contributed by atoms with E-state index in [0.717, 1.165) is 6.42 Å². The molecule has 0 radical (unpaired) electrons. The molecular weight excluding hydrogens is 274 g/mol. The van der Waals surface area contributed by atoms with Crippen LogP contribution in [0.2, 0.25) is 0 Å². The summed E-state index contributed by atoms with van der Waals surface area (Å²) >= 11 is 0. The molecule has 0 amide bonds. The number of hydrogen-bond acceptors (Lipinski definition) is 6. The van der Waals surface area contributed by atoms with Crippen molar-refractivity contribution in [2.24, 2.45) is 0 Å². The Morgan fingerprint density at radius 3 is 2.71 bits per heavy atom. The molecule has 0 aliphatic carbocycles. The van der Waals surface area contributed by atoms with Crippen molar-refractivity contribution in [3.05, 3.63) is 23.8 Å². The molecule has 0 fully saturated rings. The number of nitrogens with two attached hydrogens (primary N) is 1. The highest BCUT2D eigenvalue weighted by atomic mass is 16.5. The van der Waals surface area contributed by atoms with Gasteiger partial charge < -0.3 is 24.7 Å². The van der Waals surface area contributed by atoms with E-state index in [1.165, 1.54) is 0 Å². The first-order chi connectivity index (χ1) is 10.2. The Hall–Kier alpha value is -1.79. The number of benzene rings is 1. The van der Waals surface area contributed by atoms with Gasteiger partial charge in [-0.3, -0.25) is 0 Å². The summed E-state index contributed by atoms with van der Waals surface area (Å²) in [6.07, 6.45) is 0.729. The monoisotopic (exact) mass is 297 g/mol. The molecule has 0 saturated heterocycles. The zero-order valence-corrected chi connectivity index (χ0v) is 12.6. The summed E-state index contributed by atoms with van der Waals surface area (Å²) in [4.78, 5) is 11.6. The lowest BCUT2D eigenvalue weighted by molar-refractivity contribution is 0.0525. The van der Waals surface area contributed by atoms with Gasteiger partial charge in [-0.05, 0) is 25.1 Å². The normalized spacial score (nSPS) is 10.4. The molecule has 0 atom stereocenters. The lowest BCUT2D eigenvalue weighted by atomic mass is 10.2. The van der Waals surface area contributed by atoms with E-state index >= 15 is 0 Å². The number of esters is 1. The summed E-state index contributed by atoms with van der Waals surface area (Å²) in [7, 11) is 1.63. The largest absolute Gasteiger partial charge is 0.491 e. The molecule has 2 N–H and O–H groups in total. The van der Waals surface area contributed by atoms with Crippen LogP contribution in [0.4, 0.5) is 5.69 Å². The van der Waals surface area contributed by atoms with Crippen molar-refractivity contribution in [3.63, 3.8) is 0 Å². The summed E-state index contributed by atoms with van der Waals surface area (Å²) < 4.78 is 20.7. The van der Waals surface area contributed by atoms with Crippen LogP contribution >= 0.6 is 0 Å². The SMILES string of the molecule is CCOC(=O)c1ccc(N)c(OCCCOCCOC)c1. The second-order valence-corrected chi connectivity index (χ2v) is 4.28. The van der Waals surface area contributed by atoms with Crippen LogP contribution in [-0.4, -0.2) is 46.1 Å². The van der Waals surface area contributed by atoms with Gasteiger partial charge in [0, 0.05) is 20.1 Å². The maximum Gasteiger partial charge on any atom is 0.338 e. The van der Waals surface area contributed by atoms with Crippen LogP contribution in [0.1, 0.15) is 23.7 Å². The van der Waals surface area contributed by atoms with Crippen LogP contribution in [0.15, 0.2) is 18.2 Å². The van der Waals surface area contributed by atoms with Gasteiger partial charge in [0.25, 0.3) is 0 Å². The topological polar surface area (TPSA) is 80.0 Å². The Morgan fingerprint density at radius 2 is 2.00 bits per heavy atom. The fourth-order valence-corrected chi connectivity index (χ4v) is 1.59. The quantitative estimate of drug-likeness (QED) is 0.403. The summed E-state index contributed by atoms with van der Waals surface area (Å²) in [5, 5.41) is 0. The Bertz CT molecular complexity index is 436. The van der Waals surface area contributed by atoms with Gasteiger partial charge in [-0.2, -0.15) is 0 Å². The minimum atomic E-state index is -0.384. The molecule has 118 valence electrons. The van der Waals surface area contributed by atoms with Gasteiger partial charge in [0.2, 0.25) is 0 Å². The van der Waals surface area contributed by atoms with E-state index in [4.69, 9.17) is 24.7 Å². The van der Waals surface area contributed by atoms with Crippen molar-refractivity contribution in [2.75, 3.05) is 45.9 Å². The fourth-order valence-electron chi connectivity index (χ4n) is 1.59. The van der Waals surface area contributed by atoms with Gasteiger partial charge in [-0.1, -0.05) is 0 Å². The predicted molar refractivity (Wildman–Crippen MR) is 79.6 cm³/mol. The highest BCUT2D eigenvalue weighted by Gasteiger charge is 2.10. The number of hydrogen-bond donors (Lipinski definition) is 1. The molecule has 6 heteroatoms. The predicted octanol–water partition coefficient (Wildman–Crippen LogP) is 1.88. The average molecular weight is 297 g/mol. The molecule has 0 heterocycles. The van der Waals surface area contributed by atoms with E-state index in [0.29, 0.717) is 50.0 Å². The smallest absolute Gasteiger partial charge is 0.338 e. The summed E-state index contributed by atoms with van der Waals surface area (Å²) in [6.45, 7) is 4.28. The number of ether oxygens (including phenoxy) is 4. The van der Waals surface area contributed by atoms with Crippen molar-refractivity contribution in [2.45, 2.75) is 13.3 Å². The molecule has 0 aromatic heterocycles. The van der Waals surface area contributed by atoms with E-state index in [9.17, 15) is 4.79 Å². The third-order valence-electron chi connectivity index (χ3n) is 2.65. The molecule has 1 aromatic carbocycles. The minimum Gasteiger partial charge on any atom is -0.491 e. The Kier molecular flexibility index (Phi) is 8.23. The first kappa shape index (κ1) is 17.3. The number of nitrogen functional groups attached to an aromatic ring is 1. The molecular formula is C15H23NO5. The molecule has 0 spiro atoms. The van der Waals surface area contributed by atoms with Crippen LogP contribution in [-0.2, 0) is 14.2 Å². The highest BCUT2D eigenvalue weighted by Crippen LogP contribution is 2.23. The second kappa shape index (κ2) is 10.0. The number of methoxy groups -OCH3 is 1. The van der Waals surface area contributed by atoms with Gasteiger partial charge in [0.1, 0.15) is 5.75 Å². The van der Waals surface area contributed by atoms with Crippen LogP contribution in [0.3, 0.4) is 0 Å². The zero-order chi connectivity index (χ0) is 15.5. The van der Waals surface area contributed by atoms with Crippen molar-refractivity contribution < 1.29 is 23.7 Å². The first-order valence-electron chi connectivity index (χ1n) is 6.95. The van der Waals surface area contributed by atoms with Gasteiger partial charge >= 0.3 is 5.97 Å². The highest BCUT2D eigenvalue weighted by molar-refractivity contribution is 5.90. The molecule has 0 saturated carbocycles. The Morgan fingerprint density at radius 1 is 1.19 bits per heavy atom. The van der Waals surface area contributed by atoms with Crippen molar-refractivity contribution in [1.82, 2.24) is 0 Å². The molecule has 0 unspecified atom stereocenters. The Balaban J connectivity index is 2.40. The minimum absolute atomic E-state index is 0.332. The molecule has 21 heavy (non-hydrogen) atoms. The average Bonchev–Trinajstić information content (AvgIpc) is 2.48.